The van der Waals surface area contributed by atoms with Gasteiger partial charge in [-0.25, -0.2) is 0 Å². The first-order chi connectivity index (χ1) is 9.56. The van der Waals surface area contributed by atoms with Crippen molar-refractivity contribution in [3.05, 3.63) is 28.2 Å². The Morgan fingerprint density at radius 3 is 2.85 bits per heavy atom. The summed E-state index contributed by atoms with van der Waals surface area (Å²) in [6, 6.07) is 5.20. The molecule has 1 fully saturated rings. The summed E-state index contributed by atoms with van der Waals surface area (Å²) in [4.78, 5) is 11.9. The highest BCUT2D eigenvalue weighted by Crippen LogP contribution is 2.27. The van der Waals surface area contributed by atoms with Crippen LogP contribution in [0.4, 0.5) is 0 Å². The molecule has 2 atom stereocenters. The van der Waals surface area contributed by atoms with Gasteiger partial charge in [0.1, 0.15) is 5.75 Å². The van der Waals surface area contributed by atoms with Gasteiger partial charge in [0.05, 0.1) is 5.02 Å². The maximum Gasteiger partial charge on any atom is 0.258 e. The molecule has 0 saturated heterocycles. The molecular formula is C15H19Cl2NO2. The van der Waals surface area contributed by atoms with Gasteiger partial charge in [-0.2, -0.15) is 0 Å². The summed E-state index contributed by atoms with van der Waals surface area (Å²) in [6.45, 7) is 2.14. The van der Waals surface area contributed by atoms with Gasteiger partial charge < -0.3 is 10.1 Å². The van der Waals surface area contributed by atoms with E-state index in [0.717, 1.165) is 6.42 Å². The summed E-state index contributed by atoms with van der Waals surface area (Å²) >= 11 is 11.8. The lowest BCUT2D eigenvalue weighted by Gasteiger charge is -2.29. The molecule has 5 heteroatoms. The Bertz CT molecular complexity index is 479. The SMILES string of the molecule is C[C@@H]1CCCC[C@H]1NC(=O)COc1cc(Cl)ccc1Cl. The molecule has 1 aliphatic carbocycles. The van der Waals surface area contributed by atoms with Crippen LogP contribution in [0.3, 0.4) is 0 Å². The van der Waals surface area contributed by atoms with E-state index in [1.807, 2.05) is 0 Å². The molecular weight excluding hydrogens is 297 g/mol. The van der Waals surface area contributed by atoms with E-state index >= 15 is 0 Å². The van der Waals surface area contributed by atoms with Crippen LogP contribution in [0.15, 0.2) is 18.2 Å². The fraction of sp³-hybridized carbons (Fsp3) is 0.533. The second-order valence-corrected chi connectivity index (χ2v) is 6.14. The number of ether oxygens (including phenoxy) is 1. The van der Waals surface area contributed by atoms with Crippen molar-refractivity contribution in [2.45, 2.75) is 38.6 Å². The van der Waals surface area contributed by atoms with Crippen molar-refractivity contribution in [2.75, 3.05) is 6.61 Å². The van der Waals surface area contributed by atoms with Crippen molar-refractivity contribution in [3.63, 3.8) is 0 Å². The van der Waals surface area contributed by atoms with E-state index in [1.54, 1.807) is 18.2 Å². The van der Waals surface area contributed by atoms with E-state index in [1.165, 1.54) is 19.3 Å². The van der Waals surface area contributed by atoms with E-state index in [9.17, 15) is 4.79 Å². The van der Waals surface area contributed by atoms with Crippen LogP contribution >= 0.6 is 23.2 Å². The minimum atomic E-state index is -0.111. The minimum Gasteiger partial charge on any atom is -0.482 e. The molecule has 1 amide bonds. The normalized spacial score (nSPS) is 22.4. The molecule has 0 unspecified atom stereocenters. The maximum absolute atomic E-state index is 11.9. The third-order valence-electron chi connectivity index (χ3n) is 3.71. The number of hydrogen-bond donors (Lipinski definition) is 1. The molecule has 0 aromatic heterocycles. The first-order valence-corrected chi connectivity index (χ1v) is 7.69. The first kappa shape index (κ1) is 15.5. The summed E-state index contributed by atoms with van der Waals surface area (Å²) in [5.41, 5.74) is 0. The Kier molecular flexibility index (Phi) is 5.55. The number of amides is 1. The summed E-state index contributed by atoms with van der Waals surface area (Å²) < 4.78 is 5.43. The lowest BCUT2D eigenvalue weighted by Crippen LogP contribution is -2.43. The first-order valence-electron chi connectivity index (χ1n) is 6.93. The van der Waals surface area contributed by atoms with Crippen molar-refractivity contribution in [2.24, 2.45) is 5.92 Å². The van der Waals surface area contributed by atoms with Crippen molar-refractivity contribution in [3.8, 4) is 5.75 Å². The summed E-state index contributed by atoms with van der Waals surface area (Å²) in [7, 11) is 0. The van der Waals surface area contributed by atoms with Crippen LogP contribution in [0, 0.1) is 5.92 Å². The molecule has 110 valence electrons. The molecule has 0 bridgehead atoms. The van der Waals surface area contributed by atoms with Crippen LogP contribution in [0.25, 0.3) is 0 Å². The number of nitrogens with one attached hydrogen (secondary N) is 1. The predicted octanol–water partition coefficient (Wildman–Crippen LogP) is 4.07. The molecule has 0 aliphatic heterocycles. The molecule has 0 heterocycles. The monoisotopic (exact) mass is 315 g/mol. The van der Waals surface area contributed by atoms with Gasteiger partial charge >= 0.3 is 0 Å². The molecule has 0 spiro atoms. The van der Waals surface area contributed by atoms with Crippen LogP contribution in [0.1, 0.15) is 32.6 Å². The second kappa shape index (κ2) is 7.19. The van der Waals surface area contributed by atoms with Gasteiger partial charge in [-0.1, -0.05) is 43.0 Å². The molecule has 0 radical (unpaired) electrons. The average Bonchev–Trinajstić information content (AvgIpc) is 2.42. The quantitative estimate of drug-likeness (QED) is 0.909. The van der Waals surface area contributed by atoms with Crippen molar-refractivity contribution >= 4 is 29.1 Å². The van der Waals surface area contributed by atoms with E-state index in [4.69, 9.17) is 27.9 Å². The standard InChI is InChI=1S/C15H19Cl2NO2/c1-10-4-2-3-5-13(10)18-15(19)9-20-14-8-11(16)6-7-12(14)17/h6-8,10,13H,2-5,9H2,1H3,(H,18,19)/t10-,13-/m1/s1. The Morgan fingerprint density at radius 1 is 1.35 bits per heavy atom. The minimum absolute atomic E-state index is 0.0384. The third kappa shape index (κ3) is 4.29. The van der Waals surface area contributed by atoms with Crippen molar-refractivity contribution in [1.29, 1.82) is 0 Å². The molecule has 1 aromatic carbocycles. The molecule has 1 aromatic rings. The summed E-state index contributed by atoms with van der Waals surface area (Å²) in [5, 5.41) is 4.02. The summed E-state index contributed by atoms with van der Waals surface area (Å²) in [5.74, 6) is 0.855. The lowest BCUT2D eigenvalue weighted by atomic mass is 9.86. The van der Waals surface area contributed by atoms with Crippen molar-refractivity contribution < 1.29 is 9.53 Å². The van der Waals surface area contributed by atoms with Gasteiger partial charge in [-0.05, 0) is 30.9 Å². The largest absolute Gasteiger partial charge is 0.482 e. The second-order valence-electron chi connectivity index (χ2n) is 5.30. The topological polar surface area (TPSA) is 38.3 Å². The summed E-state index contributed by atoms with van der Waals surface area (Å²) in [6.07, 6.45) is 4.65. The van der Waals surface area contributed by atoms with Gasteiger partial charge in [0.25, 0.3) is 5.91 Å². The zero-order valence-electron chi connectivity index (χ0n) is 11.5. The van der Waals surface area contributed by atoms with Crippen LogP contribution in [0.5, 0.6) is 5.75 Å². The van der Waals surface area contributed by atoms with E-state index in [-0.39, 0.29) is 18.6 Å². The van der Waals surface area contributed by atoms with E-state index in [2.05, 4.69) is 12.2 Å². The van der Waals surface area contributed by atoms with Gasteiger partial charge in [0.15, 0.2) is 6.61 Å². The molecule has 3 nitrogen and oxygen atoms in total. The number of benzene rings is 1. The van der Waals surface area contributed by atoms with Crippen molar-refractivity contribution in [1.82, 2.24) is 5.32 Å². The highest BCUT2D eigenvalue weighted by Gasteiger charge is 2.22. The van der Waals surface area contributed by atoms with E-state index in [0.29, 0.717) is 21.7 Å². The van der Waals surface area contributed by atoms with Crippen LogP contribution in [-0.4, -0.2) is 18.6 Å². The fourth-order valence-electron chi connectivity index (χ4n) is 2.51. The molecule has 1 saturated carbocycles. The van der Waals surface area contributed by atoms with Gasteiger partial charge in [-0.3, -0.25) is 4.79 Å². The highest BCUT2D eigenvalue weighted by molar-refractivity contribution is 6.34. The zero-order chi connectivity index (χ0) is 14.5. The Hall–Kier alpha value is -0.930. The Labute approximate surface area is 129 Å². The number of halogens is 2. The van der Waals surface area contributed by atoms with Crippen LogP contribution < -0.4 is 10.1 Å². The van der Waals surface area contributed by atoms with Crippen LogP contribution in [0.2, 0.25) is 10.0 Å². The molecule has 2 rings (SSSR count). The number of carbonyl (C=O) groups is 1. The Morgan fingerprint density at radius 2 is 2.10 bits per heavy atom. The van der Waals surface area contributed by atoms with Gasteiger partial charge in [0.2, 0.25) is 0 Å². The van der Waals surface area contributed by atoms with Gasteiger partial charge in [-0.15, -0.1) is 0 Å². The maximum atomic E-state index is 11.9. The fourth-order valence-corrected chi connectivity index (χ4v) is 2.84. The smallest absolute Gasteiger partial charge is 0.258 e. The number of rotatable bonds is 4. The zero-order valence-corrected chi connectivity index (χ0v) is 13.0. The number of carbonyl (C=O) groups excluding carboxylic acids is 1. The third-order valence-corrected chi connectivity index (χ3v) is 4.26. The van der Waals surface area contributed by atoms with Gasteiger partial charge in [0, 0.05) is 17.1 Å². The lowest BCUT2D eigenvalue weighted by molar-refractivity contribution is -0.124. The average molecular weight is 316 g/mol. The molecule has 1 aliphatic rings. The predicted molar refractivity (Wildman–Crippen MR) is 81.5 cm³/mol. The van der Waals surface area contributed by atoms with E-state index < -0.39 is 0 Å². The number of hydrogen-bond acceptors (Lipinski definition) is 2. The molecule has 1 N–H and O–H groups in total. The highest BCUT2D eigenvalue weighted by atomic mass is 35.5. The van der Waals surface area contributed by atoms with Crippen LogP contribution in [-0.2, 0) is 4.79 Å². The molecule has 20 heavy (non-hydrogen) atoms. The Balaban J connectivity index is 1.84.